The molecule has 0 atom stereocenters. The largest absolute Gasteiger partial charge is 0.478 e. The lowest BCUT2D eigenvalue weighted by atomic mass is 10.1. The predicted octanol–water partition coefficient (Wildman–Crippen LogP) is 3.40. The van der Waals surface area contributed by atoms with Gasteiger partial charge in [0.05, 0.1) is 11.4 Å². The fraction of sp³-hybridized carbons (Fsp3) is 0.250. The van der Waals surface area contributed by atoms with Crippen LogP contribution in [0.5, 0.6) is 0 Å². The fourth-order valence-electron chi connectivity index (χ4n) is 1.92. The minimum Gasteiger partial charge on any atom is -0.478 e. The van der Waals surface area contributed by atoms with Gasteiger partial charge >= 0.3 is 5.97 Å². The molecule has 1 heterocycles. The summed E-state index contributed by atoms with van der Waals surface area (Å²) in [6, 6.07) is 7.80. The Labute approximate surface area is 118 Å². The van der Waals surface area contributed by atoms with E-state index in [1.165, 1.54) is 0 Å². The first-order valence-corrected chi connectivity index (χ1v) is 6.55. The summed E-state index contributed by atoms with van der Waals surface area (Å²) in [4.78, 5) is 10.6. The normalized spacial score (nSPS) is 11.4. The lowest BCUT2D eigenvalue weighted by Crippen LogP contribution is -2.00. The van der Waals surface area contributed by atoms with Crippen molar-refractivity contribution in [2.24, 2.45) is 0 Å². The quantitative estimate of drug-likeness (QED) is 0.866. The predicted molar refractivity (Wildman–Crippen MR) is 79.1 cm³/mol. The van der Waals surface area contributed by atoms with Gasteiger partial charge in [-0.05, 0) is 42.2 Å². The zero-order valence-electron chi connectivity index (χ0n) is 11.9. The van der Waals surface area contributed by atoms with E-state index < -0.39 is 5.97 Å². The molecule has 0 aliphatic heterocycles. The maximum atomic E-state index is 10.6. The molecule has 2 rings (SSSR count). The lowest BCUT2D eigenvalue weighted by Gasteiger charge is -2.07. The van der Waals surface area contributed by atoms with E-state index in [9.17, 15) is 4.79 Å². The van der Waals surface area contributed by atoms with Crippen molar-refractivity contribution < 1.29 is 9.90 Å². The number of hydrogen-bond donors (Lipinski definition) is 1. The van der Waals surface area contributed by atoms with E-state index in [-0.39, 0.29) is 0 Å². The zero-order valence-corrected chi connectivity index (χ0v) is 11.9. The highest BCUT2D eigenvalue weighted by Gasteiger charge is 2.07. The Morgan fingerprint density at radius 3 is 2.70 bits per heavy atom. The van der Waals surface area contributed by atoms with Gasteiger partial charge < -0.3 is 5.11 Å². The Balaban J connectivity index is 2.39. The van der Waals surface area contributed by atoms with Gasteiger partial charge in [0.15, 0.2) is 0 Å². The Bertz CT molecular complexity index is 654. The average molecular weight is 270 g/mol. The third kappa shape index (κ3) is 3.15. The SMILES string of the molecule is Cc1ccc(/C=C/C(=O)O)cc1-n1ccc(C(C)C)n1. The molecule has 1 aromatic heterocycles. The van der Waals surface area contributed by atoms with Crippen LogP contribution in [-0.2, 0) is 4.79 Å². The Kier molecular flexibility index (Phi) is 4.03. The number of carboxylic acid groups (broad SMARTS) is 1. The first-order chi connectivity index (χ1) is 9.47. The van der Waals surface area contributed by atoms with Crippen LogP contribution < -0.4 is 0 Å². The summed E-state index contributed by atoms with van der Waals surface area (Å²) in [6.45, 7) is 6.22. The van der Waals surface area contributed by atoms with Gasteiger partial charge in [0.2, 0.25) is 0 Å². The van der Waals surface area contributed by atoms with Gasteiger partial charge in [-0.2, -0.15) is 5.10 Å². The molecule has 0 bridgehead atoms. The third-order valence-electron chi connectivity index (χ3n) is 3.10. The van der Waals surface area contributed by atoms with Crippen LogP contribution in [0.3, 0.4) is 0 Å². The van der Waals surface area contributed by atoms with E-state index in [0.717, 1.165) is 28.6 Å². The van der Waals surface area contributed by atoms with Gasteiger partial charge in [-0.3, -0.25) is 0 Å². The van der Waals surface area contributed by atoms with Crippen molar-refractivity contribution in [3.05, 3.63) is 53.4 Å². The van der Waals surface area contributed by atoms with Crippen molar-refractivity contribution in [1.29, 1.82) is 0 Å². The highest BCUT2D eigenvalue weighted by atomic mass is 16.4. The Hall–Kier alpha value is -2.36. The molecule has 0 radical (unpaired) electrons. The summed E-state index contributed by atoms with van der Waals surface area (Å²) >= 11 is 0. The van der Waals surface area contributed by atoms with Crippen LogP contribution in [0.1, 0.15) is 36.6 Å². The maximum absolute atomic E-state index is 10.6. The maximum Gasteiger partial charge on any atom is 0.328 e. The van der Waals surface area contributed by atoms with Crippen LogP contribution in [0.25, 0.3) is 11.8 Å². The molecule has 0 fully saturated rings. The number of hydrogen-bond acceptors (Lipinski definition) is 2. The molecular formula is C16H18N2O2. The van der Waals surface area contributed by atoms with Gasteiger partial charge in [-0.15, -0.1) is 0 Å². The summed E-state index contributed by atoms with van der Waals surface area (Å²) in [5.74, 6) is -0.569. The van der Waals surface area contributed by atoms with Crippen LogP contribution in [0, 0.1) is 6.92 Å². The number of aliphatic carboxylic acids is 1. The second-order valence-electron chi connectivity index (χ2n) is 5.06. The molecule has 20 heavy (non-hydrogen) atoms. The van der Waals surface area contributed by atoms with Gasteiger partial charge in [0.1, 0.15) is 0 Å². The lowest BCUT2D eigenvalue weighted by molar-refractivity contribution is -0.131. The molecule has 0 aliphatic carbocycles. The summed E-state index contributed by atoms with van der Waals surface area (Å²) in [6.07, 6.45) is 4.65. The molecule has 1 N–H and O–H groups in total. The van der Waals surface area contributed by atoms with Crippen molar-refractivity contribution in [1.82, 2.24) is 9.78 Å². The number of rotatable bonds is 4. The average Bonchev–Trinajstić information content (AvgIpc) is 2.87. The minimum absolute atomic E-state index is 0.381. The summed E-state index contributed by atoms with van der Waals surface area (Å²) in [7, 11) is 0. The number of aromatic nitrogens is 2. The van der Waals surface area contributed by atoms with Crippen molar-refractivity contribution in [2.75, 3.05) is 0 Å². The summed E-state index contributed by atoms with van der Waals surface area (Å²) < 4.78 is 1.84. The van der Waals surface area contributed by atoms with E-state index in [1.54, 1.807) is 6.08 Å². The standard InChI is InChI=1S/C16H18N2O2/c1-11(2)14-8-9-18(17-14)15-10-13(5-4-12(15)3)6-7-16(19)20/h4-11H,1-3H3,(H,19,20)/b7-6+. The van der Waals surface area contributed by atoms with E-state index >= 15 is 0 Å². The van der Waals surface area contributed by atoms with Crippen molar-refractivity contribution in [3.8, 4) is 5.69 Å². The van der Waals surface area contributed by atoms with E-state index in [0.29, 0.717) is 5.92 Å². The molecule has 1 aromatic carbocycles. The number of aryl methyl sites for hydroxylation is 1. The second kappa shape index (κ2) is 5.74. The minimum atomic E-state index is -0.951. The molecule has 4 nitrogen and oxygen atoms in total. The molecule has 0 saturated carbocycles. The van der Waals surface area contributed by atoms with Gasteiger partial charge in [0, 0.05) is 12.3 Å². The van der Waals surface area contributed by atoms with Crippen LogP contribution in [0.15, 0.2) is 36.5 Å². The van der Waals surface area contributed by atoms with Gasteiger partial charge in [0.25, 0.3) is 0 Å². The first-order valence-electron chi connectivity index (χ1n) is 6.55. The number of nitrogens with zero attached hydrogens (tertiary/aromatic N) is 2. The van der Waals surface area contributed by atoms with Crippen LogP contribution >= 0.6 is 0 Å². The van der Waals surface area contributed by atoms with Gasteiger partial charge in [-0.1, -0.05) is 26.0 Å². The fourth-order valence-corrected chi connectivity index (χ4v) is 1.92. The highest BCUT2D eigenvalue weighted by Crippen LogP contribution is 2.19. The monoisotopic (exact) mass is 270 g/mol. The van der Waals surface area contributed by atoms with Crippen molar-refractivity contribution in [2.45, 2.75) is 26.7 Å². The molecule has 0 saturated heterocycles. The second-order valence-corrected chi connectivity index (χ2v) is 5.06. The topological polar surface area (TPSA) is 55.1 Å². The summed E-state index contributed by atoms with van der Waals surface area (Å²) in [5.41, 5.74) is 3.94. The molecular weight excluding hydrogens is 252 g/mol. The molecule has 104 valence electrons. The molecule has 2 aromatic rings. The van der Waals surface area contributed by atoms with Gasteiger partial charge in [-0.25, -0.2) is 9.48 Å². The van der Waals surface area contributed by atoms with Crippen LogP contribution in [0.2, 0.25) is 0 Å². The van der Waals surface area contributed by atoms with Crippen molar-refractivity contribution >= 4 is 12.0 Å². The summed E-state index contributed by atoms with van der Waals surface area (Å²) in [5, 5.41) is 13.2. The molecule has 0 spiro atoms. The van der Waals surface area contributed by atoms with Crippen LogP contribution in [0.4, 0.5) is 0 Å². The zero-order chi connectivity index (χ0) is 14.7. The number of carbonyl (C=O) groups is 1. The molecule has 0 unspecified atom stereocenters. The van der Waals surface area contributed by atoms with Crippen LogP contribution in [-0.4, -0.2) is 20.9 Å². The molecule has 4 heteroatoms. The Morgan fingerprint density at radius 1 is 1.35 bits per heavy atom. The first kappa shape index (κ1) is 14.1. The highest BCUT2D eigenvalue weighted by molar-refractivity contribution is 5.85. The number of benzene rings is 1. The van der Waals surface area contributed by atoms with Crippen molar-refractivity contribution in [3.63, 3.8) is 0 Å². The van der Waals surface area contributed by atoms with E-state index in [2.05, 4.69) is 18.9 Å². The van der Waals surface area contributed by atoms with E-state index in [1.807, 2.05) is 42.1 Å². The smallest absolute Gasteiger partial charge is 0.328 e. The van der Waals surface area contributed by atoms with E-state index in [4.69, 9.17) is 5.11 Å². The third-order valence-corrected chi connectivity index (χ3v) is 3.10. The molecule has 0 amide bonds. The Morgan fingerprint density at radius 2 is 2.10 bits per heavy atom. The molecule has 0 aliphatic rings. The number of carboxylic acids is 1.